The normalized spacial score (nSPS) is 14.0. The summed E-state index contributed by atoms with van der Waals surface area (Å²) >= 11 is 0. The van der Waals surface area contributed by atoms with E-state index in [1.165, 1.54) is 0 Å². The number of carboxylic acids is 1. The molecule has 0 heterocycles. The second kappa shape index (κ2) is 9.11. The Morgan fingerprint density at radius 3 is 2.56 bits per heavy atom. The fourth-order valence-electron chi connectivity index (χ4n) is 1.89. The summed E-state index contributed by atoms with van der Waals surface area (Å²) in [4.78, 5) is 10.4. The van der Waals surface area contributed by atoms with Crippen molar-refractivity contribution in [3.8, 4) is 0 Å². The molecule has 4 nitrogen and oxygen atoms in total. The Labute approximate surface area is 111 Å². The zero-order valence-corrected chi connectivity index (χ0v) is 11.9. The lowest BCUT2D eigenvalue weighted by Gasteiger charge is -2.31. The number of hydrogen-bond acceptors (Lipinski definition) is 2. The Morgan fingerprint density at radius 1 is 1.33 bits per heavy atom. The van der Waals surface area contributed by atoms with Crippen LogP contribution in [0.25, 0.3) is 0 Å². The molecule has 18 heavy (non-hydrogen) atoms. The number of hydrogen-bond donors (Lipinski definition) is 2. The highest BCUT2D eigenvalue weighted by atomic mass is 16.4. The average molecular weight is 258 g/mol. The van der Waals surface area contributed by atoms with Gasteiger partial charge in [0.15, 0.2) is 0 Å². The summed E-state index contributed by atoms with van der Waals surface area (Å²) in [7, 11) is 4.04. The molecular weight excluding hydrogens is 230 g/mol. The number of unbranched alkanes of at least 4 members (excludes halogenated alkanes) is 2. The van der Waals surface area contributed by atoms with Crippen molar-refractivity contribution in [3.63, 3.8) is 0 Å². The molecule has 4 heteroatoms. The standard InChI is InChI=1S/C14H27NO3/c1-4-5-6-7-9-13(16)12-15(2,3)11-8-10-14(17)18/h7,9,13,16H,4-6,8,10-12H2,1-3H3/p+1/b9-7+. The number of nitrogens with zero attached hydrogens (tertiary/aromatic N) is 1. The van der Waals surface area contributed by atoms with Crippen LogP contribution in [0.15, 0.2) is 12.2 Å². The maximum Gasteiger partial charge on any atom is 0.303 e. The van der Waals surface area contributed by atoms with Gasteiger partial charge in [0, 0.05) is 6.42 Å². The Morgan fingerprint density at radius 2 is 2.00 bits per heavy atom. The van der Waals surface area contributed by atoms with Crippen molar-refractivity contribution in [2.45, 2.75) is 45.1 Å². The Hall–Kier alpha value is -0.870. The molecule has 1 unspecified atom stereocenters. The minimum absolute atomic E-state index is 0.199. The van der Waals surface area contributed by atoms with Crippen molar-refractivity contribution in [3.05, 3.63) is 12.2 Å². The van der Waals surface area contributed by atoms with Crippen LogP contribution in [-0.2, 0) is 4.79 Å². The van der Waals surface area contributed by atoms with Crippen LogP contribution in [0, 0.1) is 0 Å². The first-order chi connectivity index (χ1) is 8.37. The summed E-state index contributed by atoms with van der Waals surface area (Å²) in [6, 6.07) is 0. The van der Waals surface area contributed by atoms with E-state index in [2.05, 4.69) is 6.92 Å². The lowest BCUT2D eigenvalue weighted by atomic mass is 10.2. The fourth-order valence-corrected chi connectivity index (χ4v) is 1.89. The van der Waals surface area contributed by atoms with E-state index in [0.717, 1.165) is 25.8 Å². The van der Waals surface area contributed by atoms with Gasteiger partial charge in [-0.2, -0.15) is 0 Å². The topological polar surface area (TPSA) is 57.5 Å². The second-order valence-corrected chi connectivity index (χ2v) is 5.48. The Bertz CT molecular complexity index is 262. The van der Waals surface area contributed by atoms with Gasteiger partial charge in [-0.25, -0.2) is 0 Å². The highest BCUT2D eigenvalue weighted by Crippen LogP contribution is 2.05. The van der Waals surface area contributed by atoms with Crippen molar-refractivity contribution in [1.29, 1.82) is 0 Å². The lowest BCUT2D eigenvalue weighted by Crippen LogP contribution is -2.45. The van der Waals surface area contributed by atoms with Crippen LogP contribution in [0.4, 0.5) is 0 Å². The first-order valence-corrected chi connectivity index (χ1v) is 6.76. The quantitative estimate of drug-likeness (QED) is 0.358. The van der Waals surface area contributed by atoms with E-state index < -0.39 is 12.1 Å². The summed E-state index contributed by atoms with van der Waals surface area (Å²) in [6.45, 7) is 3.54. The third-order valence-electron chi connectivity index (χ3n) is 2.92. The Balaban J connectivity index is 3.90. The van der Waals surface area contributed by atoms with Gasteiger partial charge in [-0.3, -0.25) is 4.79 Å². The maximum absolute atomic E-state index is 10.4. The van der Waals surface area contributed by atoms with E-state index in [0.29, 0.717) is 17.4 Å². The zero-order valence-electron chi connectivity index (χ0n) is 11.9. The van der Waals surface area contributed by atoms with Crippen LogP contribution in [-0.4, -0.2) is 54.0 Å². The number of carboxylic acid groups (broad SMARTS) is 1. The van der Waals surface area contributed by atoms with Crippen molar-refractivity contribution in [2.24, 2.45) is 0 Å². The SMILES string of the molecule is CCCC/C=C/C(O)C[N+](C)(C)CCCC(=O)O. The molecule has 0 saturated heterocycles. The molecule has 0 aliphatic rings. The maximum atomic E-state index is 10.4. The molecule has 0 radical (unpaired) electrons. The number of quaternary nitrogens is 1. The number of carbonyl (C=O) groups is 1. The molecule has 106 valence electrons. The summed E-state index contributed by atoms with van der Waals surface area (Å²) in [6.07, 6.45) is 7.62. The smallest absolute Gasteiger partial charge is 0.303 e. The van der Waals surface area contributed by atoms with Crippen LogP contribution in [0.2, 0.25) is 0 Å². The van der Waals surface area contributed by atoms with Crippen LogP contribution in [0.3, 0.4) is 0 Å². The third-order valence-corrected chi connectivity index (χ3v) is 2.92. The molecule has 0 rings (SSSR count). The van der Waals surface area contributed by atoms with E-state index in [4.69, 9.17) is 5.11 Å². The summed E-state index contributed by atoms with van der Waals surface area (Å²) in [5.41, 5.74) is 0. The summed E-state index contributed by atoms with van der Waals surface area (Å²) in [5, 5.41) is 18.5. The number of aliphatic carboxylic acids is 1. The van der Waals surface area contributed by atoms with Crippen molar-refractivity contribution >= 4 is 5.97 Å². The molecule has 0 saturated carbocycles. The molecule has 0 aromatic carbocycles. The minimum Gasteiger partial charge on any atom is -0.481 e. The highest BCUT2D eigenvalue weighted by molar-refractivity contribution is 5.66. The summed E-state index contributed by atoms with van der Waals surface area (Å²) < 4.78 is 0.645. The molecule has 1 atom stereocenters. The van der Waals surface area contributed by atoms with Crippen LogP contribution in [0.5, 0.6) is 0 Å². The predicted octanol–water partition coefficient (Wildman–Crippen LogP) is 2.03. The molecule has 0 aliphatic heterocycles. The molecule has 0 amide bonds. The monoisotopic (exact) mass is 258 g/mol. The van der Waals surface area contributed by atoms with Gasteiger partial charge in [0.05, 0.1) is 27.1 Å². The van der Waals surface area contributed by atoms with Gasteiger partial charge >= 0.3 is 5.97 Å². The van der Waals surface area contributed by atoms with Gasteiger partial charge in [-0.1, -0.05) is 31.9 Å². The number of aliphatic hydroxyl groups is 1. The fraction of sp³-hybridized carbons (Fsp3) is 0.786. The van der Waals surface area contributed by atoms with Crippen molar-refractivity contribution in [1.82, 2.24) is 0 Å². The van der Waals surface area contributed by atoms with Crippen LogP contribution < -0.4 is 0 Å². The molecular formula is C14H28NO3+. The van der Waals surface area contributed by atoms with Crippen molar-refractivity contribution in [2.75, 3.05) is 27.2 Å². The van der Waals surface area contributed by atoms with Gasteiger partial charge in [-0.05, 0) is 6.42 Å². The first-order valence-electron chi connectivity index (χ1n) is 6.76. The molecule has 0 bridgehead atoms. The third kappa shape index (κ3) is 10.3. The number of aliphatic hydroxyl groups excluding tert-OH is 1. The molecule has 0 fully saturated rings. The molecule has 0 aromatic heterocycles. The van der Waals surface area contributed by atoms with Gasteiger partial charge in [-0.15, -0.1) is 0 Å². The van der Waals surface area contributed by atoms with E-state index in [1.807, 2.05) is 26.2 Å². The molecule has 2 N–H and O–H groups in total. The molecule has 0 aliphatic carbocycles. The summed E-state index contributed by atoms with van der Waals surface area (Å²) in [5.74, 6) is -0.755. The van der Waals surface area contributed by atoms with Crippen LogP contribution in [0.1, 0.15) is 39.0 Å². The lowest BCUT2D eigenvalue weighted by molar-refractivity contribution is -0.892. The van der Waals surface area contributed by atoms with Gasteiger partial charge < -0.3 is 14.7 Å². The zero-order chi connectivity index (χ0) is 14.0. The van der Waals surface area contributed by atoms with Gasteiger partial charge in [0.1, 0.15) is 12.6 Å². The van der Waals surface area contributed by atoms with Crippen LogP contribution >= 0.6 is 0 Å². The molecule has 0 aromatic rings. The first kappa shape index (κ1) is 17.1. The van der Waals surface area contributed by atoms with E-state index in [-0.39, 0.29) is 6.42 Å². The van der Waals surface area contributed by atoms with Crippen molar-refractivity contribution < 1.29 is 19.5 Å². The predicted molar refractivity (Wildman–Crippen MR) is 73.4 cm³/mol. The number of likely N-dealkylation sites (N-methyl/N-ethyl adjacent to an activating group) is 1. The van der Waals surface area contributed by atoms with E-state index >= 15 is 0 Å². The van der Waals surface area contributed by atoms with Gasteiger partial charge in [0.2, 0.25) is 0 Å². The highest BCUT2D eigenvalue weighted by Gasteiger charge is 2.18. The number of allylic oxidation sites excluding steroid dienone is 1. The van der Waals surface area contributed by atoms with E-state index in [1.54, 1.807) is 0 Å². The van der Waals surface area contributed by atoms with E-state index in [9.17, 15) is 9.90 Å². The number of rotatable bonds is 10. The molecule has 0 spiro atoms. The second-order valence-electron chi connectivity index (χ2n) is 5.48. The average Bonchev–Trinajstić information content (AvgIpc) is 2.22. The Kier molecular flexibility index (Phi) is 8.67. The van der Waals surface area contributed by atoms with Gasteiger partial charge in [0.25, 0.3) is 0 Å². The minimum atomic E-state index is -0.755. The largest absolute Gasteiger partial charge is 0.481 e.